The van der Waals surface area contributed by atoms with Crippen LogP contribution >= 0.6 is 35.7 Å². The predicted octanol–water partition coefficient (Wildman–Crippen LogP) is 2.54. The highest BCUT2D eigenvalue weighted by molar-refractivity contribution is 14.0. The van der Waals surface area contributed by atoms with Crippen LogP contribution in [0.2, 0.25) is 0 Å². The van der Waals surface area contributed by atoms with Crippen molar-refractivity contribution in [3.63, 3.8) is 0 Å². The van der Waals surface area contributed by atoms with Crippen LogP contribution in [0.15, 0.2) is 4.99 Å². The van der Waals surface area contributed by atoms with Crippen LogP contribution < -0.4 is 10.6 Å². The van der Waals surface area contributed by atoms with Crippen molar-refractivity contribution in [2.24, 2.45) is 10.9 Å². The number of likely N-dealkylation sites (tertiary alicyclic amines) is 1. The first-order valence-electron chi connectivity index (χ1n) is 8.64. The molecule has 6 heteroatoms. The number of nitrogens with zero attached hydrogens (tertiary/aromatic N) is 2. The van der Waals surface area contributed by atoms with Gasteiger partial charge in [-0.1, -0.05) is 0 Å². The maximum Gasteiger partial charge on any atom is 0.191 e. The molecule has 0 unspecified atom stereocenters. The van der Waals surface area contributed by atoms with E-state index in [-0.39, 0.29) is 24.0 Å². The molecule has 0 amide bonds. The smallest absolute Gasteiger partial charge is 0.191 e. The zero-order valence-electron chi connectivity index (χ0n) is 13.7. The Kier molecular flexibility index (Phi) is 8.11. The second kappa shape index (κ2) is 9.57. The summed E-state index contributed by atoms with van der Waals surface area (Å²) in [6.45, 7) is 3.61. The van der Waals surface area contributed by atoms with E-state index < -0.39 is 0 Å². The van der Waals surface area contributed by atoms with E-state index in [1.807, 2.05) is 7.05 Å². The van der Waals surface area contributed by atoms with Gasteiger partial charge in [-0.2, -0.15) is 11.8 Å². The Balaban J connectivity index is 0.00000176. The van der Waals surface area contributed by atoms with Crippen LogP contribution in [0.1, 0.15) is 38.5 Å². The molecule has 3 fully saturated rings. The fraction of sp³-hybridized carbons (Fsp3) is 0.938. The molecule has 0 aromatic carbocycles. The van der Waals surface area contributed by atoms with Crippen molar-refractivity contribution >= 4 is 41.7 Å². The van der Waals surface area contributed by atoms with Crippen molar-refractivity contribution in [1.29, 1.82) is 0 Å². The van der Waals surface area contributed by atoms with Crippen LogP contribution in [0, 0.1) is 5.92 Å². The SMILES string of the molecule is CN=C(NCC1CCSCC1)NC1CCN(C2CC2)CC1.I. The topological polar surface area (TPSA) is 39.7 Å². The lowest BCUT2D eigenvalue weighted by molar-refractivity contribution is 0.197. The van der Waals surface area contributed by atoms with Gasteiger partial charge in [-0.3, -0.25) is 4.99 Å². The molecule has 0 radical (unpaired) electrons. The van der Waals surface area contributed by atoms with Crippen LogP contribution in [0.25, 0.3) is 0 Å². The Morgan fingerprint density at radius 2 is 1.77 bits per heavy atom. The lowest BCUT2D eigenvalue weighted by atomic mass is 10.0. The summed E-state index contributed by atoms with van der Waals surface area (Å²) in [5.41, 5.74) is 0. The fourth-order valence-electron chi connectivity index (χ4n) is 3.43. The van der Waals surface area contributed by atoms with Gasteiger partial charge in [-0.05, 0) is 55.9 Å². The number of hydrogen-bond donors (Lipinski definition) is 2. The zero-order valence-corrected chi connectivity index (χ0v) is 16.9. The number of hydrogen-bond acceptors (Lipinski definition) is 3. The molecule has 2 heterocycles. The van der Waals surface area contributed by atoms with E-state index in [1.165, 1.54) is 63.1 Å². The molecule has 0 aromatic rings. The van der Waals surface area contributed by atoms with E-state index >= 15 is 0 Å². The van der Waals surface area contributed by atoms with E-state index in [2.05, 4.69) is 32.3 Å². The van der Waals surface area contributed by atoms with Gasteiger partial charge in [0.2, 0.25) is 0 Å². The van der Waals surface area contributed by atoms with Crippen molar-refractivity contribution in [1.82, 2.24) is 15.5 Å². The van der Waals surface area contributed by atoms with Gasteiger partial charge in [0.1, 0.15) is 0 Å². The minimum Gasteiger partial charge on any atom is -0.356 e. The molecular formula is C16H31IN4S. The number of halogens is 1. The number of nitrogens with one attached hydrogen (secondary N) is 2. The van der Waals surface area contributed by atoms with Gasteiger partial charge < -0.3 is 15.5 Å². The molecular weight excluding hydrogens is 407 g/mol. The summed E-state index contributed by atoms with van der Waals surface area (Å²) in [4.78, 5) is 7.08. The highest BCUT2D eigenvalue weighted by Gasteiger charge is 2.31. The molecule has 3 aliphatic rings. The average molecular weight is 438 g/mol. The summed E-state index contributed by atoms with van der Waals surface area (Å²) in [7, 11) is 1.89. The van der Waals surface area contributed by atoms with Crippen molar-refractivity contribution in [2.45, 2.75) is 50.6 Å². The molecule has 22 heavy (non-hydrogen) atoms. The number of guanidine groups is 1. The largest absolute Gasteiger partial charge is 0.356 e. The lowest BCUT2D eigenvalue weighted by Crippen LogP contribution is -2.49. The van der Waals surface area contributed by atoms with E-state index in [1.54, 1.807) is 0 Å². The first kappa shape index (κ1) is 18.6. The molecule has 0 aromatic heterocycles. The number of rotatable bonds is 4. The first-order valence-corrected chi connectivity index (χ1v) is 9.79. The molecule has 3 rings (SSSR count). The Morgan fingerprint density at radius 1 is 1.09 bits per heavy atom. The van der Waals surface area contributed by atoms with Gasteiger partial charge in [0.15, 0.2) is 5.96 Å². The van der Waals surface area contributed by atoms with E-state index in [4.69, 9.17) is 0 Å². The summed E-state index contributed by atoms with van der Waals surface area (Å²) >= 11 is 2.10. The van der Waals surface area contributed by atoms with Gasteiger partial charge in [-0.25, -0.2) is 0 Å². The number of thioether (sulfide) groups is 1. The van der Waals surface area contributed by atoms with Crippen LogP contribution in [0.5, 0.6) is 0 Å². The van der Waals surface area contributed by atoms with Crippen molar-refractivity contribution in [2.75, 3.05) is 38.2 Å². The van der Waals surface area contributed by atoms with Gasteiger partial charge in [-0.15, -0.1) is 24.0 Å². The first-order chi connectivity index (χ1) is 10.3. The normalized spacial score (nSPS) is 25.6. The summed E-state index contributed by atoms with van der Waals surface area (Å²) in [6.07, 6.45) is 8.10. The third kappa shape index (κ3) is 5.74. The average Bonchev–Trinajstić information content (AvgIpc) is 3.38. The summed E-state index contributed by atoms with van der Waals surface area (Å²) in [6, 6.07) is 1.53. The third-order valence-electron chi connectivity index (χ3n) is 5.06. The number of piperidine rings is 1. The fourth-order valence-corrected chi connectivity index (χ4v) is 4.63. The van der Waals surface area contributed by atoms with Gasteiger partial charge in [0.05, 0.1) is 0 Å². The molecule has 2 saturated heterocycles. The molecule has 0 bridgehead atoms. The summed E-state index contributed by atoms with van der Waals surface area (Å²) < 4.78 is 0. The zero-order chi connectivity index (χ0) is 14.5. The summed E-state index contributed by atoms with van der Waals surface area (Å²) in [5.74, 6) is 4.51. The third-order valence-corrected chi connectivity index (χ3v) is 6.11. The van der Waals surface area contributed by atoms with Crippen LogP contribution in [-0.2, 0) is 0 Å². The van der Waals surface area contributed by atoms with Gasteiger partial charge in [0, 0.05) is 38.8 Å². The van der Waals surface area contributed by atoms with Crippen LogP contribution in [0.4, 0.5) is 0 Å². The highest BCUT2D eigenvalue weighted by atomic mass is 127. The van der Waals surface area contributed by atoms with E-state index in [0.29, 0.717) is 6.04 Å². The minimum absolute atomic E-state index is 0. The van der Waals surface area contributed by atoms with Gasteiger partial charge in [0.25, 0.3) is 0 Å². The predicted molar refractivity (Wildman–Crippen MR) is 108 cm³/mol. The quantitative estimate of drug-likeness (QED) is 0.402. The number of aliphatic imine (C=N–C) groups is 1. The molecule has 1 saturated carbocycles. The van der Waals surface area contributed by atoms with Gasteiger partial charge >= 0.3 is 0 Å². The molecule has 0 spiro atoms. The maximum absolute atomic E-state index is 4.41. The Labute approximate surface area is 156 Å². The maximum atomic E-state index is 4.41. The molecule has 128 valence electrons. The van der Waals surface area contributed by atoms with Crippen molar-refractivity contribution in [3.8, 4) is 0 Å². The van der Waals surface area contributed by atoms with Crippen LogP contribution in [-0.4, -0.2) is 61.1 Å². The molecule has 2 N–H and O–H groups in total. The Morgan fingerprint density at radius 3 is 2.36 bits per heavy atom. The molecule has 2 aliphatic heterocycles. The molecule has 1 aliphatic carbocycles. The highest BCUT2D eigenvalue weighted by Crippen LogP contribution is 2.29. The minimum atomic E-state index is 0. The van der Waals surface area contributed by atoms with Crippen LogP contribution in [0.3, 0.4) is 0 Å². The Hall–Kier alpha value is 0.310. The second-order valence-corrected chi connectivity index (χ2v) is 7.92. The van der Waals surface area contributed by atoms with E-state index in [9.17, 15) is 0 Å². The summed E-state index contributed by atoms with van der Waals surface area (Å²) in [5, 5.41) is 7.18. The lowest BCUT2D eigenvalue weighted by Gasteiger charge is -2.33. The molecule has 0 atom stereocenters. The second-order valence-electron chi connectivity index (χ2n) is 6.69. The monoisotopic (exact) mass is 438 g/mol. The Bertz CT molecular complexity index is 348. The molecule has 4 nitrogen and oxygen atoms in total. The standard InChI is InChI=1S/C16H30N4S.HI/c1-17-16(18-12-13-6-10-21-11-7-13)19-14-4-8-20(9-5-14)15-2-3-15;/h13-15H,2-12H2,1H3,(H2,17,18,19);1H. The van der Waals surface area contributed by atoms with Crippen molar-refractivity contribution in [3.05, 3.63) is 0 Å². The van der Waals surface area contributed by atoms with Crippen molar-refractivity contribution < 1.29 is 0 Å². The van der Waals surface area contributed by atoms with E-state index in [0.717, 1.165) is 24.5 Å².